The molecular weight excluding hydrogens is 358 g/mol. The van der Waals surface area contributed by atoms with Crippen molar-refractivity contribution in [2.45, 2.75) is 13.8 Å². The molecule has 0 radical (unpaired) electrons. The molecule has 1 N–H and O–H groups in total. The fourth-order valence-electron chi connectivity index (χ4n) is 2.21. The summed E-state index contributed by atoms with van der Waals surface area (Å²) in [5.41, 5.74) is 2.55. The number of nitrogens with zero attached hydrogens (tertiary/aromatic N) is 2. The number of amides is 1. The van der Waals surface area contributed by atoms with E-state index in [2.05, 4.69) is 10.5 Å². The molecule has 138 valence electrons. The summed E-state index contributed by atoms with van der Waals surface area (Å²) in [5.74, 6) is 0.362. The summed E-state index contributed by atoms with van der Waals surface area (Å²) in [5, 5.41) is 4.26. The Balaban J connectivity index is 2.18. The van der Waals surface area contributed by atoms with Crippen LogP contribution in [0.25, 0.3) is 0 Å². The molecule has 1 aromatic carbocycles. The molecule has 0 saturated carbocycles. The van der Waals surface area contributed by atoms with Crippen molar-refractivity contribution in [2.75, 3.05) is 13.2 Å². The molecule has 0 saturated heterocycles. The highest BCUT2D eigenvalue weighted by Gasteiger charge is 2.12. The van der Waals surface area contributed by atoms with Crippen LogP contribution in [0.15, 0.2) is 40.4 Å². The van der Waals surface area contributed by atoms with Crippen molar-refractivity contribution in [1.82, 2.24) is 9.99 Å². The van der Waals surface area contributed by atoms with Crippen LogP contribution in [-0.2, 0) is 7.05 Å². The lowest BCUT2D eigenvalue weighted by atomic mass is 10.2. The zero-order valence-electron chi connectivity index (χ0n) is 14.8. The highest BCUT2D eigenvalue weighted by Crippen LogP contribution is 2.36. The molecular formula is C18H20ClN3O4. The van der Waals surface area contributed by atoms with Crippen molar-refractivity contribution >= 4 is 23.7 Å². The van der Waals surface area contributed by atoms with E-state index in [1.165, 1.54) is 16.8 Å². The Labute approximate surface area is 156 Å². The summed E-state index contributed by atoms with van der Waals surface area (Å²) < 4.78 is 12.3. The predicted molar refractivity (Wildman–Crippen MR) is 101 cm³/mol. The lowest BCUT2D eigenvalue weighted by Crippen LogP contribution is -2.29. The van der Waals surface area contributed by atoms with Crippen LogP contribution in [-0.4, -0.2) is 29.9 Å². The summed E-state index contributed by atoms with van der Waals surface area (Å²) in [4.78, 5) is 24.0. The molecule has 1 aromatic heterocycles. The molecule has 2 rings (SSSR count). The van der Waals surface area contributed by atoms with Crippen LogP contribution in [0, 0.1) is 0 Å². The highest BCUT2D eigenvalue weighted by atomic mass is 35.5. The summed E-state index contributed by atoms with van der Waals surface area (Å²) in [6.45, 7) is 4.61. The quantitative estimate of drug-likeness (QED) is 0.594. The number of benzene rings is 1. The van der Waals surface area contributed by atoms with Gasteiger partial charge in [-0.15, -0.1) is 0 Å². The normalized spacial score (nSPS) is 10.8. The number of hydrogen-bond acceptors (Lipinski definition) is 5. The number of carbonyl (C=O) groups is 1. The van der Waals surface area contributed by atoms with E-state index >= 15 is 0 Å². The number of nitrogens with one attached hydrogen (secondary N) is 1. The predicted octanol–water partition coefficient (Wildman–Crippen LogP) is 2.60. The minimum absolute atomic E-state index is 0.00637. The number of rotatable bonds is 7. The van der Waals surface area contributed by atoms with Crippen molar-refractivity contribution in [2.24, 2.45) is 12.1 Å². The minimum atomic E-state index is -0.593. The first-order valence-electron chi connectivity index (χ1n) is 8.06. The Kier molecular flexibility index (Phi) is 6.80. The number of aryl methyl sites for hydroxylation is 1. The van der Waals surface area contributed by atoms with Gasteiger partial charge in [0.1, 0.15) is 5.56 Å². The van der Waals surface area contributed by atoms with Gasteiger partial charge in [0.15, 0.2) is 11.5 Å². The molecule has 7 nitrogen and oxygen atoms in total. The monoisotopic (exact) mass is 377 g/mol. The second kappa shape index (κ2) is 9.05. The average molecular weight is 378 g/mol. The van der Waals surface area contributed by atoms with Gasteiger partial charge in [-0.05, 0) is 43.7 Å². The van der Waals surface area contributed by atoms with Crippen LogP contribution in [0.5, 0.6) is 11.5 Å². The van der Waals surface area contributed by atoms with E-state index in [-0.39, 0.29) is 5.56 Å². The summed E-state index contributed by atoms with van der Waals surface area (Å²) in [6, 6.07) is 6.40. The standard InChI is InChI=1S/C18H20ClN3O4/c1-4-25-15-10-12(9-14(19)16(15)26-5-2)11-20-21-17(23)13-7-6-8-22(3)18(13)24/h6-11H,4-5H2,1-3H3,(H,21,23)/b20-11-. The van der Waals surface area contributed by atoms with Gasteiger partial charge in [0.2, 0.25) is 0 Å². The van der Waals surface area contributed by atoms with Gasteiger partial charge in [-0.1, -0.05) is 11.6 Å². The van der Waals surface area contributed by atoms with E-state index in [4.69, 9.17) is 21.1 Å². The SMILES string of the molecule is CCOc1cc(/C=N\NC(=O)c2cccn(C)c2=O)cc(Cl)c1OCC. The lowest BCUT2D eigenvalue weighted by molar-refractivity contribution is 0.0953. The number of pyridine rings is 1. The fraction of sp³-hybridized carbons (Fsp3) is 0.278. The third kappa shape index (κ3) is 4.64. The van der Waals surface area contributed by atoms with Gasteiger partial charge in [-0.3, -0.25) is 9.59 Å². The Hall–Kier alpha value is -2.80. The molecule has 0 atom stereocenters. The first-order chi connectivity index (χ1) is 12.5. The average Bonchev–Trinajstić information content (AvgIpc) is 2.60. The Bertz CT molecular complexity index is 877. The van der Waals surface area contributed by atoms with Gasteiger partial charge >= 0.3 is 0 Å². The molecule has 8 heteroatoms. The van der Waals surface area contributed by atoms with Crippen LogP contribution in [0.1, 0.15) is 29.8 Å². The first-order valence-corrected chi connectivity index (χ1v) is 8.43. The zero-order valence-corrected chi connectivity index (χ0v) is 15.5. The number of hydrogen-bond donors (Lipinski definition) is 1. The molecule has 0 bridgehead atoms. The second-order valence-electron chi connectivity index (χ2n) is 5.23. The topological polar surface area (TPSA) is 81.9 Å². The molecule has 1 heterocycles. The van der Waals surface area contributed by atoms with E-state index < -0.39 is 11.5 Å². The van der Waals surface area contributed by atoms with Gasteiger partial charge in [0.05, 0.1) is 24.5 Å². The fourth-order valence-corrected chi connectivity index (χ4v) is 2.48. The molecule has 0 aliphatic carbocycles. The van der Waals surface area contributed by atoms with Crippen molar-refractivity contribution in [3.8, 4) is 11.5 Å². The van der Waals surface area contributed by atoms with Crippen LogP contribution in [0.4, 0.5) is 0 Å². The number of aromatic nitrogens is 1. The summed E-state index contributed by atoms with van der Waals surface area (Å²) >= 11 is 6.23. The maximum atomic E-state index is 12.1. The second-order valence-corrected chi connectivity index (χ2v) is 5.64. The maximum Gasteiger partial charge on any atom is 0.276 e. The van der Waals surface area contributed by atoms with Crippen molar-refractivity contribution < 1.29 is 14.3 Å². The van der Waals surface area contributed by atoms with Crippen molar-refractivity contribution in [1.29, 1.82) is 0 Å². The van der Waals surface area contributed by atoms with Gasteiger partial charge in [-0.2, -0.15) is 5.10 Å². The van der Waals surface area contributed by atoms with Crippen LogP contribution >= 0.6 is 11.6 Å². The van der Waals surface area contributed by atoms with Crippen LogP contribution < -0.4 is 20.5 Å². The van der Waals surface area contributed by atoms with Crippen molar-refractivity contribution in [3.63, 3.8) is 0 Å². The van der Waals surface area contributed by atoms with E-state index in [1.54, 1.807) is 31.4 Å². The molecule has 0 unspecified atom stereocenters. The van der Waals surface area contributed by atoms with E-state index in [0.29, 0.717) is 35.3 Å². The Morgan fingerprint density at radius 3 is 2.73 bits per heavy atom. The molecule has 2 aromatic rings. The zero-order chi connectivity index (χ0) is 19.1. The van der Waals surface area contributed by atoms with Gasteiger partial charge in [0, 0.05) is 13.2 Å². The van der Waals surface area contributed by atoms with Gasteiger partial charge < -0.3 is 14.0 Å². The van der Waals surface area contributed by atoms with Crippen LogP contribution in [0.2, 0.25) is 5.02 Å². The third-order valence-electron chi connectivity index (χ3n) is 3.37. The summed E-state index contributed by atoms with van der Waals surface area (Å²) in [6.07, 6.45) is 2.98. The minimum Gasteiger partial charge on any atom is -0.490 e. The molecule has 26 heavy (non-hydrogen) atoms. The number of ether oxygens (including phenoxy) is 2. The van der Waals surface area contributed by atoms with E-state index in [0.717, 1.165) is 0 Å². The number of carbonyl (C=O) groups excluding carboxylic acids is 1. The van der Waals surface area contributed by atoms with E-state index in [1.807, 2.05) is 13.8 Å². The van der Waals surface area contributed by atoms with Crippen LogP contribution in [0.3, 0.4) is 0 Å². The van der Waals surface area contributed by atoms with Crippen molar-refractivity contribution in [3.05, 3.63) is 57.0 Å². The third-order valence-corrected chi connectivity index (χ3v) is 3.65. The first kappa shape index (κ1) is 19.5. The van der Waals surface area contributed by atoms with E-state index in [9.17, 15) is 9.59 Å². The number of halogens is 1. The maximum absolute atomic E-state index is 12.1. The molecule has 0 aliphatic heterocycles. The summed E-state index contributed by atoms with van der Waals surface area (Å²) in [7, 11) is 1.57. The Morgan fingerprint density at radius 2 is 2.04 bits per heavy atom. The molecule has 0 spiro atoms. The molecule has 1 amide bonds. The molecule has 0 fully saturated rings. The van der Waals surface area contributed by atoms with Gasteiger partial charge in [0.25, 0.3) is 11.5 Å². The van der Waals surface area contributed by atoms with Gasteiger partial charge in [-0.25, -0.2) is 5.43 Å². The lowest BCUT2D eigenvalue weighted by Gasteiger charge is -2.13. The largest absolute Gasteiger partial charge is 0.490 e. The molecule has 0 aliphatic rings. The highest BCUT2D eigenvalue weighted by molar-refractivity contribution is 6.32. The Morgan fingerprint density at radius 1 is 1.31 bits per heavy atom. The smallest absolute Gasteiger partial charge is 0.276 e. The number of hydrazone groups is 1.